The zero-order valence-corrected chi connectivity index (χ0v) is 17.1. The SMILES string of the molecule is CC1CCCN(CCCNC(=O)C(NC(=O)c2ccccc2)c2ccccc2)C1. The van der Waals surface area contributed by atoms with Crippen LogP contribution in [0.4, 0.5) is 0 Å². The van der Waals surface area contributed by atoms with Gasteiger partial charge in [-0.1, -0.05) is 55.5 Å². The highest BCUT2D eigenvalue weighted by Crippen LogP contribution is 2.16. The van der Waals surface area contributed by atoms with Crippen molar-refractivity contribution >= 4 is 11.8 Å². The van der Waals surface area contributed by atoms with Gasteiger partial charge in [-0.2, -0.15) is 0 Å². The Morgan fingerprint density at radius 3 is 2.45 bits per heavy atom. The van der Waals surface area contributed by atoms with Crippen LogP contribution in [0.1, 0.15) is 48.1 Å². The predicted molar refractivity (Wildman–Crippen MR) is 116 cm³/mol. The van der Waals surface area contributed by atoms with Gasteiger partial charge in [-0.3, -0.25) is 9.59 Å². The lowest BCUT2D eigenvalue weighted by atomic mass is 10.0. The molecule has 2 aromatic carbocycles. The molecule has 0 aliphatic carbocycles. The molecule has 2 unspecified atom stereocenters. The number of piperidine rings is 1. The maximum Gasteiger partial charge on any atom is 0.252 e. The van der Waals surface area contributed by atoms with Crippen molar-refractivity contribution in [1.82, 2.24) is 15.5 Å². The summed E-state index contributed by atoms with van der Waals surface area (Å²) in [5, 5.41) is 5.89. The number of nitrogens with one attached hydrogen (secondary N) is 2. The first-order valence-electron chi connectivity index (χ1n) is 10.5. The summed E-state index contributed by atoms with van der Waals surface area (Å²) in [5.74, 6) is 0.332. The highest BCUT2D eigenvalue weighted by atomic mass is 16.2. The van der Waals surface area contributed by atoms with Gasteiger partial charge < -0.3 is 15.5 Å². The molecule has 3 rings (SSSR count). The Balaban J connectivity index is 1.55. The number of nitrogens with zero attached hydrogens (tertiary/aromatic N) is 1. The van der Waals surface area contributed by atoms with E-state index in [0.717, 1.165) is 37.5 Å². The van der Waals surface area contributed by atoms with Crippen LogP contribution in [0.15, 0.2) is 60.7 Å². The van der Waals surface area contributed by atoms with Gasteiger partial charge in [0, 0.05) is 18.7 Å². The van der Waals surface area contributed by atoms with Crippen LogP contribution >= 0.6 is 0 Å². The third kappa shape index (κ3) is 6.43. The van der Waals surface area contributed by atoms with Gasteiger partial charge in [0.05, 0.1) is 0 Å². The van der Waals surface area contributed by atoms with E-state index in [1.54, 1.807) is 12.1 Å². The quantitative estimate of drug-likeness (QED) is 0.676. The molecule has 0 saturated carbocycles. The lowest BCUT2D eigenvalue weighted by Crippen LogP contribution is -2.41. The first-order valence-corrected chi connectivity index (χ1v) is 10.5. The summed E-state index contributed by atoms with van der Waals surface area (Å²) >= 11 is 0. The standard InChI is InChI=1S/C24H31N3O2/c1-19-10-8-16-27(18-19)17-9-15-25-24(29)22(20-11-4-2-5-12-20)26-23(28)21-13-6-3-7-14-21/h2-7,11-14,19,22H,8-10,15-18H2,1H3,(H,25,29)(H,26,28). The molecule has 5 heteroatoms. The normalized spacial score (nSPS) is 18.0. The summed E-state index contributed by atoms with van der Waals surface area (Å²) in [4.78, 5) is 28.0. The van der Waals surface area contributed by atoms with Crippen molar-refractivity contribution in [2.45, 2.75) is 32.2 Å². The lowest BCUT2D eigenvalue weighted by Gasteiger charge is -2.30. The number of benzene rings is 2. The Labute approximate surface area is 173 Å². The Kier molecular flexibility index (Phi) is 7.82. The second-order valence-electron chi connectivity index (χ2n) is 7.88. The van der Waals surface area contributed by atoms with Crippen LogP contribution in [0.3, 0.4) is 0 Å². The van der Waals surface area contributed by atoms with Crippen LogP contribution in [0.5, 0.6) is 0 Å². The summed E-state index contributed by atoms with van der Waals surface area (Å²) in [5.41, 5.74) is 1.32. The molecule has 5 nitrogen and oxygen atoms in total. The second-order valence-corrected chi connectivity index (χ2v) is 7.88. The number of hydrogen-bond donors (Lipinski definition) is 2. The van der Waals surface area contributed by atoms with Crippen molar-refractivity contribution in [2.75, 3.05) is 26.2 Å². The summed E-state index contributed by atoms with van der Waals surface area (Å²) in [6.07, 6.45) is 3.48. The third-order valence-corrected chi connectivity index (χ3v) is 5.40. The monoisotopic (exact) mass is 393 g/mol. The summed E-state index contributed by atoms with van der Waals surface area (Å²) < 4.78 is 0. The van der Waals surface area contributed by atoms with Crippen LogP contribution in [-0.2, 0) is 4.79 Å². The van der Waals surface area contributed by atoms with E-state index in [2.05, 4.69) is 22.5 Å². The molecule has 1 aliphatic heterocycles. The molecule has 29 heavy (non-hydrogen) atoms. The van der Waals surface area contributed by atoms with Crippen LogP contribution in [-0.4, -0.2) is 42.9 Å². The Bertz CT molecular complexity index is 779. The number of carbonyl (C=O) groups is 2. The van der Waals surface area contributed by atoms with Gasteiger partial charge in [0.25, 0.3) is 5.91 Å². The zero-order chi connectivity index (χ0) is 20.5. The van der Waals surface area contributed by atoms with Gasteiger partial charge in [0.15, 0.2) is 0 Å². The first kappa shape index (κ1) is 21.1. The fraction of sp³-hybridized carbons (Fsp3) is 0.417. The van der Waals surface area contributed by atoms with Crippen molar-refractivity contribution < 1.29 is 9.59 Å². The van der Waals surface area contributed by atoms with Crippen LogP contribution in [0.2, 0.25) is 0 Å². The fourth-order valence-electron chi connectivity index (χ4n) is 3.86. The maximum absolute atomic E-state index is 12.9. The fourth-order valence-corrected chi connectivity index (χ4v) is 3.86. The highest BCUT2D eigenvalue weighted by Gasteiger charge is 2.23. The van der Waals surface area contributed by atoms with Crippen LogP contribution in [0, 0.1) is 5.92 Å². The van der Waals surface area contributed by atoms with Gasteiger partial charge in [0.1, 0.15) is 6.04 Å². The molecule has 0 spiro atoms. The number of rotatable bonds is 8. The van der Waals surface area contributed by atoms with Crippen molar-refractivity contribution in [3.63, 3.8) is 0 Å². The van der Waals surface area contributed by atoms with E-state index < -0.39 is 6.04 Å². The summed E-state index contributed by atoms with van der Waals surface area (Å²) in [6, 6.07) is 17.7. The lowest BCUT2D eigenvalue weighted by molar-refractivity contribution is -0.123. The van der Waals surface area contributed by atoms with Crippen LogP contribution < -0.4 is 10.6 Å². The van der Waals surface area contributed by atoms with Gasteiger partial charge in [0.2, 0.25) is 5.91 Å². The van der Waals surface area contributed by atoms with Gasteiger partial charge in [-0.25, -0.2) is 0 Å². The Morgan fingerprint density at radius 1 is 1.07 bits per heavy atom. The molecule has 1 heterocycles. The largest absolute Gasteiger partial charge is 0.354 e. The summed E-state index contributed by atoms with van der Waals surface area (Å²) in [7, 11) is 0. The van der Waals surface area contributed by atoms with E-state index in [0.29, 0.717) is 12.1 Å². The van der Waals surface area contributed by atoms with Crippen molar-refractivity contribution in [1.29, 1.82) is 0 Å². The van der Waals surface area contributed by atoms with Crippen molar-refractivity contribution in [2.24, 2.45) is 5.92 Å². The molecule has 1 saturated heterocycles. The average molecular weight is 394 g/mol. The van der Waals surface area contributed by atoms with Crippen molar-refractivity contribution in [3.05, 3.63) is 71.8 Å². The van der Waals surface area contributed by atoms with E-state index in [1.807, 2.05) is 48.5 Å². The second kappa shape index (κ2) is 10.8. The number of hydrogen-bond acceptors (Lipinski definition) is 3. The molecular weight excluding hydrogens is 362 g/mol. The molecule has 2 N–H and O–H groups in total. The molecule has 1 aliphatic rings. The number of carbonyl (C=O) groups excluding carboxylic acids is 2. The van der Waals surface area contributed by atoms with Gasteiger partial charge in [-0.05, 0) is 56.0 Å². The molecule has 2 aromatic rings. The smallest absolute Gasteiger partial charge is 0.252 e. The molecule has 2 atom stereocenters. The molecule has 0 radical (unpaired) electrons. The molecule has 0 bridgehead atoms. The predicted octanol–water partition coefficient (Wildman–Crippen LogP) is 3.40. The van der Waals surface area contributed by atoms with Gasteiger partial charge >= 0.3 is 0 Å². The Morgan fingerprint density at radius 2 is 1.76 bits per heavy atom. The minimum absolute atomic E-state index is 0.174. The van der Waals surface area contributed by atoms with E-state index >= 15 is 0 Å². The topological polar surface area (TPSA) is 61.4 Å². The minimum atomic E-state index is -0.709. The zero-order valence-electron chi connectivity index (χ0n) is 17.1. The summed E-state index contributed by atoms with van der Waals surface area (Å²) in [6.45, 7) is 6.20. The van der Waals surface area contributed by atoms with Crippen LogP contribution in [0.25, 0.3) is 0 Å². The number of likely N-dealkylation sites (tertiary alicyclic amines) is 1. The molecular formula is C24H31N3O2. The number of amides is 2. The van der Waals surface area contributed by atoms with E-state index in [4.69, 9.17) is 0 Å². The maximum atomic E-state index is 12.9. The van der Waals surface area contributed by atoms with Crippen molar-refractivity contribution in [3.8, 4) is 0 Å². The van der Waals surface area contributed by atoms with Gasteiger partial charge in [-0.15, -0.1) is 0 Å². The first-order chi connectivity index (χ1) is 14.1. The molecule has 0 aromatic heterocycles. The minimum Gasteiger partial charge on any atom is -0.354 e. The average Bonchev–Trinajstić information content (AvgIpc) is 2.76. The molecule has 154 valence electrons. The molecule has 1 fully saturated rings. The van der Waals surface area contributed by atoms with E-state index in [1.165, 1.54) is 12.8 Å². The van der Waals surface area contributed by atoms with E-state index in [-0.39, 0.29) is 11.8 Å². The van der Waals surface area contributed by atoms with E-state index in [9.17, 15) is 9.59 Å². The highest BCUT2D eigenvalue weighted by molar-refractivity contribution is 5.97. The Hall–Kier alpha value is -2.66. The third-order valence-electron chi connectivity index (χ3n) is 5.40. The molecule has 2 amide bonds.